The van der Waals surface area contributed by atoms with Crippen molar-refractivity contribution in [3.8, 4) is 11.5 Å². The minimum atomic E-state index is -0.746. The monoisotopic (exact) mass is 424 g/mol. The number of nitrogens with two attached hydrogens (primary N) is 1. The van der Waals surface area contributed by atoms with Gasteiger partial charge in [0.15, 0.2) is 11.5 Å². The average Bonchev–Trinajstić information content (AvgIpc) is 2.96. The molecule has 0 unspecified atom stereocenters. The maximum atomic E-state index is 13.1. The lowest BCUT2D eigenvalue weighted by Gasteiger charge is -2.35. The lowest BCUT2D eigenvalue weighted by Crippen LogP contribution is -2.48. The van der Waals surface area contributed by atoms with Crippen LogP contribution in [0.3, 0.4) is 0 Å². The molecule has 1 saturated heterocycles. The SMILES string of the molecule is COc1ccc(C2=NN(C3CCN(C(=O)CN)CC3)C(=O)C2(C)C)cc1OC.Cl. The quantitative estimate of drug-likeness (QED) is 0.775. The summed E-state index contributed by atoms with van der Waals surface area (Å²) in [5.41, 5.74) is 6.24. The highest BCUT2D eigenvalue weighted by Gasteiger charge is 2.46. The van der Waals surface area contributed by atoms with Gasteiger partial charge in [-0.15, -0.1) is 12.4 Å². The minimum Gasteiger partial charge on any atom is -0.493 e. The zero-order chi connectivity index (χ0) is 20.5. The number of carbonyl (C=O) groups excluding carboxylic acids is 2. The van der Waals surface area contributed by atoms with Gasteiger partial charge in [0.05, 0.1) is 37.9 Å². The first-order chi connectivity index (χ1) is 13.3. The Bertz CT molecular complexity index is 804. The smallest absolute Gasteiger partial charge is 0.254 e. The number of ether oxygens (including phenoxy) is 2. The Morgan fingerprint density at radius 2 is 1.83 bits per heavy atom. The molecule has 0 aliphatic carbocycles. The zero-order valence-electron chi connectivity index (χ0n) is 17.3. The number of hydrogen-bond acceptors (Lipinski definition) is 6. The van der Waals surface area contributed by atoms with E-state index in [1.54, 1.807) is 24.1 Å². The van der Waals surface area contributed by atoms with Crippen molar-refractivity contribution >= 4 is 29.9 Å². The molecule has 2 aliphatic heterocycles. The van der Waals surface area contributed by atoms with Crippen LogP contribution in [0.25, 0.3) is 0 Å². The number of hydrazone groups is 1. The fourth-order valence-corrected chi connectivity index (χ4v) is 3.80. The van der Waals surface area contributed by atoms with E-state index >= 15 is 0 Å². The van der Waals surface area contributed by atoms with Crippen molar-refractivity contribution < 1.29 is 19.1 Å². The highest BCUT2D eigenvalue weighted by molar-refractivity contribution is 6.19. The van der Waals surface area contributed by atoms with Crippen LogP contribution >= 0.6 is 12.4 Å². The Hall–Kier alpha value is -2.32. The molecule has 2 amide bonds. The van der Waals surface area contributed by atoms with Crippen molar-refractivity contribution in [3.05, 3.63) is 23.8 Å². The molecule has 160 valence electrons. The van der Waals surface area contributed by atoms with Gasteiger partial charge in [0.25, 0.3) is 5.91 Å². The standard InChI is InChI=1S/C20H28N4O4.ClH/c1-20(2)18(13-5-6-15(27-3)16(11-13)28-4)22-24(19(20)26)14-7-9-23(10-8-14)17(25)12-21;/h5-6,11,14H,7-10,12,21H2,1-4H3;1H. The number of amides is 2. The van der Waals surface area contributed by atoms with E-state index in [-0.39, 0.29) is 36.8 Å². The third kappa shape index (κ3) is 4.18. The normalized spacial score (nSPS) is 18.9. The number of nitrogens with zero attached hydrogens (tertiary/aromatic N) is 3. The number of halogens is 1. The number of rotatable bonds is 5. The van der Waals surface area contributed by atoms with Crippen molar-refractivity contribution in [3.63, 3.8) is 0 Å². The lowest BCUT2D eigenvalue weighted by molar-refractivity contribution is -0.139. The summed E-state index contributed by atoms with van der Waals surface area (Å²) in [5, 5.41) is 6.32. The molecule has 0 atom stereocenters. The number of hydrogen-bond donors (Lipinski definition) is 1. The van der Waals surface area contributed by atoms with Crippen LogP contribution in [0.5, 0.6) is 11.5 Å². The molecule has 2 heterocycles. The Morgan fingerprint density at radius 1 is 1.21 bits per heavy atom. The third-order valence-electron chi connectivity index (χ3n) is 5.54. The minimum absolute atomic E-state index is 0. The summed E-state index contributed by atoms with van der Waals surface area (Å²) in [6.45, 7) is 4.97. The van der Waals surface area contributed by atoms with E-state index in [1.165, 1.54) is 0 Å². The lowest BCUT2D eigenvalue weighted by atomic mass is 9.83. The Balaban J connectivity index is 0.00000300. The molecule has 9 heteroatoms. The molecule has 2 aliphatic rings. The van der Waals surface area contributed by atoms with Gasteiger partial charge in [-0.25, -0.2) is 5.01 Å². The number of methoxy groups -OCH3 is 2. The maximum absolute atomic E-state index is 13.1. The summed E-state index contributed by atoms with van der Waals surface area (Å²) in [4.78, 5) is 26.6. The summed E-state index contributed by atoms with van der Waals surface area (Å²) >= 11 is 0. The van der Waals surface area contributed by atoms with Crippen LogP contribution in [0.2, 0.25) is 0 Å². The second kappa shape index (κ2) is 9.00. The topological polar surface area (TPSA) is 97.5 Å². The summed E-state index contributed by atoms with van der Waals surface area (Å²) in [6, 6.07) is 5.53. The van der Waals surface area contributed by atoms with Gasteiger partial charge in [0, 0.05) is 18.7 Å². The molecule has 8 nitrogen and oxygen atoms in total. The van der Waals surface area contributed by atoms with E-state index in [1.807, 2.05) is 32.0 Å². The Labute approximate surface area is 177 Å². The van der Waals surface area contributed by atoms with E-state index < -0.39 is 5.41 Å². The molecular formula is C20H29ClN4O4. The van der Waals surface area contributed by atoms with Crippen LogP contribution < -0.4 is 15.2 Å². The predicted octanol–water partition coefficient (Wildman–Crippen LogP) is 1.65. The van der Waals surface area contributed by atoms with Crippen LogP contribution in [0.15, 0.2) is 23.3 Å². The first kappa shape index (κ1) is 23.0. The van der Waals surface area contributed by atoms with Gasteiger partial charge in [-0.1, -0.05) is 0 Å². The molecule has 3 rings (SSSR count). The van der Waals surface area contributed by atoms with Crippen LogP contribution in [0.1, 0.15) is 32.3 Å². The second-order valence-corrected chi connectivity index (χ2v) is 7.61. The average molecular weight is 425 g/mol. The molecule has 0 spiro atoms. The molecule has 1 fully saturated rings. The Morgan fingerprint density at radius 3 is 2.38 bits per heavy atom. The molecule has 1 aromatic rings. The van der Waals surface area contributed by atoms with E-state index in [9.17, 15) is 9.59 Å². The molecule has 0 bridgehead atoms. The summed E-state index contributed by atoms with van der Waals surface area (Å²) < 4.78 is 10.7. The third-order valence-corrected chi connectivity index (χ3v) is 5.54. The van der Waals surface area contributed by atoms with Crippen LogP contribution in [0.4, 0.5) is 0 Å². The van der Waals surface area contributed by atoms with Crippen LogP contribution in [-0.2, 0) is 9.59 Å². The van der Waals surface area contributed by atoms with Gasteiger partial charge >= 0.3 is 0 Å². The number of likely N-dealkylation sites (tertiary alicyclic amines) is 1. The van der Waals surface area contributed by atoms with Gasteiger partial charge in [-0.3, -0.25) is 9.59 Å². The Kier molecular flexibility index (Phi) is 7.13. The van der Waals surface area contributed by atoms with E-state index in [0.29, 0.717) is 43.1 Å². The first-order valence-corrected chi connectivity index (χ1v) is 9.46. The van der Waals surface area contributed by atoms with Crippen LogP contribution in [0, 0.1) is 5.41 Å². The summed E-state index contributed by atoms with van der Waals surface area (Å²) in [7, 11) is 3.17. The highest BCUT2D eigenvalue weighted by Crippen LogP contribution is 2.37. The van der Waals surface area contributed by atoms with Gasteiger partial charge in [0.1, 0.15) is 0 Å². The molecule has 1 aromatic carbocycles. The fraction of sp³-hybridized carbons (Fsp3) is 0.550. The van der Waals surface area contributed by atoms with Gasteiger partial charge in [0.2, 0.25) is 5.91 Å². The van der Waals surface area contributed by atoms with Crippen molar-refractivity contribution in [2.75, 3.05) is 33.9 Å². The maximum Gasteiger partial charge on any atom is 0.254 e. The number of benzene rings is 1. The fourth-order valence-electron chi connectivity index (χ4n) is 3.80. The predicted molar refractivity (Wildman–Crippen MR) is 113 cm³/mol. The molecule has 2 N–H and O–H groups in total. The van der Waals surface area contributed by atoms with E-state index in [0.717, 1.165) is 5.56 Å². The summed E-state index contributed by atoms with van der Waals surface area (Å²) in [5.74, 6) is 1.14. The van der Waals surface area contributed by atoms with E-state index in [4.69, 9.17) is 20.3 Å². The zero-order valence-corrected chi connectivity index (χ0v) is 18.1. The first-order valence-electron chi connectivity index (χ1n) is 9.46. The van der Waals surface area contributed by atoms with E-state index in [2.05, 4.69) is 0 Å². The molecule has 0 saturated carbocycles. The number of piperidine rings is 1. The van der Waals surface area contributed by atoms with Gasteiger partial charge < -0.3 is 20.1 Å². The molecule has 0 aromatic heterocycles. The molecule has 29 heavy (non-hydrogen) atoms. The van der Waals surface area contributed by atoms with Gasteiger partial charge in [-0.2, -0.15) is 5.10 Å². The second-order valence-electron chi connectivity index (χ2n) is 7.61. The van der Waals surface area contributed by atoms with Crippen molar-refractivity contribution in [1.29, 1.82) is 0 Å². The molecule has 0 radical (unpaired) electrons. The van der Waals surface area contributed by atoms with Gasteiger partial charge in [-0.05, 0) is 44.9 Å². The van der Waals surface area contributed by atoms with Crippen LogP contribution in [-0.4, -0.2) is 67.3 Å². The van der Waals surface area contributed by atoms with Crippen molar-refractivity contribution in [2.45, 2.75) is 32.7 Å². The largest absolute Gasteiger partial charge is 0.493 e. The number of carbonyl (C=O) groups is 2. The van der Waals surface area contributed by atoms with Crippen molar-refractivity contribution in [1.82, 2.24) is 9.91 Å². The highest BCUT2D eigenvalue weighted by atomic mass is 35.5. The summed E-state index contributed by atoms with van der Waals surface area (Å²) in [6.07, 6.45) is 1.38. The van der Waals surface area contributed by atoms with Crippen molar-refractivity contribution in [2.24, 2.45) is 16.3 Å². The molecular weight excluding hydrogens is 396 g/mol.